The van der Waals surface area contributed by atoms with E-state index >= 15 is 0 Å². The molecule has 0 radical (unpaired) electrons. The second-order valence-corrected chi connectivity index (χ2v) is 5.37. The SMILES string of the molecule is CCc1cccc2c3ccsc3c3ccnn3c12. The Kier molecular flexibility index (Phi) is 2.00. The van der Waals surface area contributed by atoms with Crippen molar-refractivity contribution < 1.29 is 0 Å². The van der Waals surface area contributed by atoms with E-state index in [1.165, 1.54) is 32.1 Å². The van der Waals surface area contributed by atoms with Crippen molar-refractivity contribution >= 4 is 37.8 Å². The molecule has 4 rings (SSSR count). The predicted molar refractivity (Wildman–Crippen MR) is 77.5 cm³/mol. The normalized spacial score (nSPS) is 11.8. The third-order valence-corrected chi connectivity index (χ3v) is 4.48. The van der Waals surface area contributed by atoms with Crippen molar-refractivity contribution in [1.82, 2.24) is 9.61 Å². The summed E-state index contributed by atoms with van der Waals surface area (Å²) in [7, 11) is 0. The summed E-state index contributed by atoms with van der Waals surface area (Å²) in [4.78, 5) is 0. The quantitative estimate of drug-likeness (QED) is 0.494. The van der Waals surface area contributed by atoms with Gasteiger partial charge in [-0.05, 0) is 29.5 Å². The number of hydrogen-bond donors (Lipinski definition) is 0. The average molecular weight is 252 g/mol. The Morgan fingerprint density at radius 3 is 3.00 bits per heavy atom. The lowest BCUT2D eigenvalue weighted by Gasteiger charge is -2.08. The highest BCUT2D eigenvalue weighted by Crippen LogP contribution is 2.34. The van der Waals surface area contributed by atoms with Crippen molar-refractivity contribution in [2.75, 3.05) is 0 Å². The molecular weight excluding hydrogens is 240 g/mol. The van der Waals surface area contributed by atoms with Gasteiger partial charge >= 0.3 is 0 Å². The van der Waals surface area contributed by atoms with Crippen LogP contribution in [0.2, 0.25) is 0 Å². The number of fused-ring (bicyclic) bond motifs is 6. The lowest BCUT2D eigenvalue weighted by atomic mass is 10.0. The molecule has 88 valence electrons. The van der Waals surface area contributed by atoms with E-state index < -0.39 is 0 Å². The summed E-state index contributed by atoms with van der Waals surface area (Å²) >= 11 is 1.79. The van der Waals surface area contributed by atoms with Crippen molar-refractivity contribution in [2.24, 2.45) is 0 Å². The summed E-state index contributed by atoms with van der Waals surface area (Å²) in [5.41, 5.74) is 3.83. The summed E-state index contributed by atoms with van der Waals surface area (Å²) in [6, 6.07) is 10.9. The number of benzene rings is 1. The maximum Gasteiger partial charge on any atom is 0.0847 e. The first-order valence-electron chi connectivity index (χ1n) is 6.14. The van der Waals surface area contributed by atoms with Crippen LogP contribution in [-0.4, -0.2) is 9.61 Å². The Bertz CT molecular complexity index is 870. The van der Waals surface area contributed by atoms with Crippen LogP contribution in [0.1, 0.15) is 12.5 Å². The fourth-order valence-electron chi connectivity index (χ4n) is 2.72. The molecule has 0 atom stereocenters. The maximum absolute atomic E-state index is 4.51. The number of rotatable bonds is 1. The second-order valence-electron chi connectivity index (χ2n) is 4.46. The summed E-state index contributed by atoms with van der Waals surface area (Å²) in [6.45, 7) is 2.20. The van der Waals surface area contributed by atoms with E-state index in [0.717, 1.165) is 6.42 Å². The van der Waals surface area contributed by atoms with Crippen LogP contribution < -0.4 is 0 Å². The molecular formula is C15H12N2S. The van der Waals surface area contributed by atoms with E-state index in [-0.39, 0.29) is 0 Å². The van der Waals surface area contributed by atoms with E-state index in [1.807, 2.05) is 6.20 Å². The van der Waals surface area contributed by atoms with Crippen LogP contribution in [0, 0.1) is 0 Å². The monoisotopic (exact) mass is 252 g/mol. The van der Waals surface area contributed by atoms with Gasteiger partial charge in [0.05, 0.1) is 21.9 Å². The third-order valence-electron chi connectivity index (χ3n) is 3.54. The van der Waals surface area contributed by atoms with Crippen LogP contribution in [0.25, 0.3) is 26.5 Å². The first kappa shape index (κ1) is 10.1. The number of pyridine rings is 1. The van der Waals surface area contributed by atoms with Gasteiger partial charge in [0.15, 0.2) is 0 Å². The van der Waals surface area contributed by atoms with E-state index in [9.17, 15) is 0 Å². The topological polar surface area (TPSA) is 17.3 Å². The van der Waals surface area contributed by atoms with Crippen molar-refractivity contribution in [1.29, 1.82) is 0 Å². The zero-order chi connectivity index (χ0) is 12.1. The minimum Gasteiger partial charge on any atom is -0.231 e. The number of aryl methyl sites for hydroxylation is 1. The van der Waals surface area contributed by atoms with Crippen molar-refractivity contribution in [3.8, 4) is 0 Å². The standard InChI is InChI=1S/C15H12N2S/c1-2-10-4-3-5-11-12-7-9-18-15(12)13-6-8-16-17(13)14(10)11/h3-9H,2H2,1H3. The zero-order valence-corrected chi connectivity index (χ0v) is 10.9. The summed E-state index contributed by atoms with van der Waals surface area (Å²) in [5.74, 6) is 0. The van der Waals surface area contributed by atoms with Crippen LogP contribution in [0.3, 0.4) is 0 Å². The minimum atomic E-state index is 1.03. The fourth-order valence-corrected chi connectivity index (χ4v) is 3.64. The number of hydrogen-bond acceptors (Lipinski definition) is 2. The highest BCUT2D eigenvalue weighted by atomic mass is 32.1. The van der Waals surface area contributed by atoms with Crippen molar-refractivity contribution in [3.05, 3.63) is 47.5 Å². The molecule has 0 aliphatic rings. The molecule has 3 heterocycles. The number of thiophene rings is 1. The second kappa shape index (κ2) is 3.56. The van der Waals surface area contributed by atoms with Crippen molar-refractivity contribution in [2.45, 2.75) is 13.3 Å². The number of para-hydroxylation sites is 1. The van der Waals surface area contributed by atoms with Gasteiger partial charge in [0.2, 0.25) is 0 Å². The van der Waals surface area contributed by atoms with Gasteiger partial charge in [-0.3, -0.25) is 0 Å². The van der Waals surface area contributed by atoms with Crippen LogP contribution in [0.15, 0.2) is 41.9 Å². The molecule has 3 heteroatoms. The molecule has 0 saturated heterocycles. The molecule has 0 fully saturated rings. The lowest BCUT2D eigenvalue weighted by Crippen LogP contribution is -1.95. The molecule has 1 aromatic carbocycles. The Morgan fingerprint density at radius 1 is 1.17 bits per heavy atom. The first-order chi connectivity index (χ1) is 8.90. The Balaban J connectivity index is 2.43. The van der Waals surface area contributed by atoms with E-state index in [0.29, 0.717) is 0 Å². The smallest absolute Gasteiger partial charge is 0.0847 e. The van der Waals surface area contributed by atoms with Crippen molar-refractivity contribution in [3.63, 3.8) is 0 Å². The molecule has 0 saturated carbocycles. The summed E-state index contributed by atoms with van der Waals surface area (Å²) in [5, 5.41) is 9.32. The van der Waals surface area contributed by atoms with E-state index in [4.69, 9.17) is 0 Å². The highest BCUT2D eigenvalue weighted by molar-refractivity contribution is 7.18. The van der Waals surface area contributed by atoms with Crippen LogP contribution in [0.4, 0.5) is 0 Å². The van der Waals surface area contributed by atoms with Crippen LogP contribution >= 0.6 is 11.3 Å². The molecule has 18 heavy (non-hydrogen) atoms. The average Bonchev–Trinajstić information content (AvgIpc) is 3.06. The third kappa shape index (κ3) is 1.14. The van der Waals surface area contributed by atoms with Gasteiger partial charge in [-0.1, -0.05) is 25.1 Å². The molecule has 0 spiro atoms. The Morgan fingerprint density at radius 2 is 2.11 bits per heavy atom. The largest absolute Gasteiger partial charge is 0.231 e. The highest BCUT2D eigenvalue weighted by Gasteiger charge is 2.11. The molecule has 0 amide bonds. The van der Waals surface area contributed by atoms with E-state index in [1.54, 1.807) is 11.3 Å². The lowest BCUT2D eigenvalue weighted by molar-refractivity contribution is 0.992. The molecule has 3 aromatic heterocycles. The molecule has 2 nitrogen and oxygen atoms in total. The van der Waals surface area contributed by atoms with E-state index in [2.05, 4.69) is 52.2 Å². The Hall–Kier alpha value is -1.87. The zero-order valence-electron chi connectivity index (χ0n) is 10.1. The maximum atomic E-state index is 4.51. The van der Waals surface area contributed by atoms with Gasteiger partial charge < -0.3 is 0 Å². The first-order valence-corrected chi connectivity index (χ1v) is 7.02. The van der Waals surface area contributed by atoms with Gasteiger partial charge in [0.1, 0.15) is 0 Å². The molecule has 0 aliphatic heterocycles. The summed E-state index contributed by atoms with van der Waals surface area (Å²) < 4.78 is 3.42. The van der Waals surface area contributed by atoms with Gasteiger partial charge in [-0.25, -0.2) is 4.52 Å². The van der Waals surface area contributed by atoms with Gasteiger partial charge in [0, 0.05) is 10.8 Å². The molecule has 4 aromatic rings. The summed E-state index contributed by atoms with van der Waals surface area (Å²) in [6.07, 6.45) is 2.92. The molecule has 0 bridgehead atoms. The number of aromatic nitrogens is 2. The predicted octanol–water partition coefficient (Wildman–Crippen LogP) is 4.26. The number of nitrogens with zero attached hydrogens (tertiary/aromatic N) is 2. The van der Waals surface area contributed by atoms with Gasteiger partial charge in [0.25, 0.3) is 0 Å². The Labute approximate surface area is 108 Å². The molecule has 0 unspecified atom stereocenters. The van der Waals surface area contributed by atoms with Gasteiger partial charge in [-0.2, -0.15) is 5.10 Å². The minimum absolute atomic E-state index is 1.03. The van der Waals surface area contributed by atoms with Crippen LogP contribution in [-0.2, 0) is 6.42 Å². The van der Waals surface area contributed by atoms with Crippen LogP contribution in [0.5, 0.6) is 0 Å². The fraction of sp³-hybridized carbons (Fsp3) is 0.133. The molecule has 0 aliphatic carbocycles. The van der Waals surface area contributed by atoms with Gasteiger partial charge in [-0.15, -0.1) is 11.3 Å². The molecule has 0 N–H and O–H groups in total.